The summed E-state index contributed by atoms with van der Waals surface area (Å²) in [5.74, 6) is 0. The Morgan fingerprint density at radius 1 is 1.36 bits per heavy atom. The highest BCUT2D eigenvalue weighted by Gasteiger charge is 2.22. The summed E-state index contributed by atoms with van der Waals surface area (Å²) >= 11 is 0. The molecule has 4 nitrogen and oxygen atoms in total. The van der Waals surface area contributed by atoms with E-state index in [0.717, 1.165) is 17.7 Å². The number of hydrogen-bond acceptors (Lipinski definition) is 2. The fourth-order valence-corrected chi connectivity index (χ4v) is 2.68. The van der Waals surface area contributed by atoms with Crippen LogP contribution in [-0.2, 0) is 6.42 Å². The molecule has 1 aromatic carbocycles. The van der Waals surface area contributed by atoms with Crippen LogP contribution in [0.2, 0.25) is 0 Å². The molecule has 2 amide bonds. The van der Waals surface area contributed by atoms with Crippen LogP contribution < -0.4 is 10.6 Å². The predicted octanol–water partition coefficient (Wildman–Crippen LogP) is 3.10. The maximum Gasteiger partial charge on any atom is 0.319 e. The van der Waals surface area contributed by atoms with Crippen molar-refractivity contribution in [1.29, 1.82) is 0 Å². The van der Waals surface area contributed by atoms with Gasteiger partial charge in [-0.3, -0.25) is 4.90 Å². The molecule has 22 heavy (non-hydrogen) atoms. The topological polar surface area (TPSA) is 44.4 Å². The summed E-state index contributed by atoms with van der Waals surface area (Å²) in [5.41, 5.74) is 1.94. The first-order chi connectivity index (χ1) is 10.6. The van der Waals surface area contributed by atoms with E-state index in [9.17, 15) is 13.6 Å². The van der Waals surface area contributed by atoms with Crippen LogP contribution in [0.3, 0.4) is 0 Å². The van der Waals surface area contributed by atoms with Crippen molar-refractivity contribution < 1.29 is 13.6 Å². The summed E-state index contributed by atoms with van der Waals surface area (Å²) in [6.45, 7) is 3.08. The number of nitrogens with zero attached hydrogens (tertiary/aromatic N) is 1. The molecule has 0 unspecified atom stereocenters. The minimum Gasteiger partial charge on any atom is -0.335 e. The van der Waals surface area contributed by atoms with Crippen molar-refractivity contribution >= 4 is 11.7 Å². The van der Waals surface area contributed by atoms with E-state index >= 15 is 0 Å². The number of likely N-dealkylation sites (tertiary alicyclic amines) is 1. The Morgan fingerprint density at radius 3 is 2.73 bits per heavy atom. The minimum atomic E-state index is -2.29. The Kier molecular flexibility index (Phi) is 6.12. The van der Waals surface area contributed by atoms with Gasteiger partial charge in [-0.05, 0) is 37.0 Å². The number of anilines is 1. The standard InChI is InChI=1S/C16H23F2N3O/c1-2-12-4-3-5-14(10-12)20-16(22)19-13-6-8-21(9-7-13)11-15(17)18/h3-5,10,13,15H,2,6-9,11H2,1H3,(H2,19,20,22). The molecule has 122 valence electrons. The van der Waals surface area contributed by atoms with E-state index in [2.05, 4.69) is 17.6 Å². The number of rotatable bonds is 5. The van der Waals surface area contributed by atoms with Crippen molar-refractivity contribution in [2.24, 2.45) is 0 Å². The average molecular weight is 311 g/mol. The third kappa shape index (κ3) is 5.26. The summed E-state index contributed by atoms with van der Waals surface area (Å²) < 4.78 is 24.6. The highest BCUT2D eigenvalue weighted by atomic mass is 19.3. The third-order valence-electron chi connectivity index (χ3n) is 3.91. The third-order valence-corrected chi connectivity index (χ3v) is 3.91. The molecule has 0 bridgehead atoms. The zero-order valence-corrected chi connectivity index (χ0v) is 12.8. The monoisotopic (exact) mass is 311 g/mol. The SMILES string of the molecule is CCc1cccc(NC(=O)NC2CCN(CC(F)F)CC2)c1. The van der Waals surface area contributed by atoms with Crippen molar-refractivity contribution in [3.63, 3.8) is 0 Å². The second kappa shape index (κ2) is 8.08. The fraction of sp³-hybridized carbons (Fsp3) is 0.562. The van der Waals surface area contributed by atoms with Crippen molar-refractivity contribution in [1.82, 2.24) is 10.2 Å². The van der Waals surface area contributed by atoms with Gasteiger partial charge in [0.05, 0.1) is 6.54 Å². The summed E-state index contributed by atoms with van der Waals surface area (Å²) in [7, 11) is 0. The van der Waals surface area contributed by atoms with Crippen LogP contribution in [0.5, 0.6) is 0 Å². The van der Waals surface area contributed by atoms with Gasteiger partial charge in [0.2, 0.25) is 0 Å². The van der Waals surface area contributed by atoms with Crippen molar-refractivity contribution in [3.05, 3.63) is 29.8 Å². The van der Waals surface area contributed by atoms with E-state index in [1.54, 1.807) is 4.90 Å². The lowest BCUT2D eigenvalue weighted by Crippen LogP contribution is -2.46. The number of carbonyl (C=O) groups excluding carboxylic acids is 1. The predicted molar refractivity (Wildman–Crippen MR) is 83.4 cm³/mol. The van der Waals surface area contributed by atoms with Crippen LogP contribution in [0, 0.1) is 0 Å². The van der Waals surface area contributed by atoms with Gasteiger partial charge in [0, 0.05) is 24.8 Å². The Morgan fingerprint density at radius 2 is 2.09 bits per heavy atom. The number of amides is 2. The molecule has 0 saturated carbocycles. The molecule has 0 aliphatic carbocycles. The van der Waals surface area contributed by atoms with Gasteiger partial charge in [0.15, 0.2) is 0 Å². The van der Waals surface area contributed by atoms with Gasteiger partial charge in [0.25, 0.3) is 6.43 Å². The first kappa shape index (κ1) is 16.7. The van der Waals surface area contributed by atoms with E-state index in [0.29, 0.717) is 25.9 Å². The van der Waals surface area contributed by atoms with Crippen LogP contribution in [-0.4, -0.2) is 43.0 Å². The van der Waals surface area contributed by atoms with Crippen molar-refractivity contribution in [2.45, 2.75) is 38.7 Å². The smallest absolute Gasteiger partial charge is 0.319 e. The summed E-state index contributed by atoms with van der Waals surface area (Å²) in [6.07, 6.45) is 0.0305. The number of piperidine rings is 1. The molecule has 0 aromatic heterocycles. The molecule has 6 heteroatoms. The Balaban J connectivity index is 1.76. The van der Waals surface area contributed by atoms with Gasteiger partial charge in [-0.25, -0.2) is 13.6 Å². The lowest BCUT2D eigenvalue weighted by molar-refractivity contribution is 0.0739. The van der Waals surface area contributed by atoms with Gasteiger partial charge in [-0.15, -0.1) is 0 Å². The summed E-state index contributed by atoms with van der Waals surface area (Å²) in [6, 6.07) is 7.54. The molecule has 1 aromatic rings. The van der Waals surface area contributed by atoms with Crippen LogP contribution in [0.15, 0.2) is 24.3 Å². The largest absolute Gasteiger partial charge is 0.335 e. The zero-order chi connectivity index (χ0) is 15.9. The number of nitrogens with one attached hydrogen (secondary N) is 2. The summed E-state index contributed by atoms with van der Waals surface area (Å²) in [5, 5.41) is 5.74. The van der Waals surface area contributed by atoms with Crippen molar-refractivity contribution in [2.75, 3.05) is 25.0 Å². The van der Waals surface area contributed by atoms with E-state index in [-0.39, 0.29) is 18.6 Å². The molecular weight excluding hydrogens is 288 g/mol. The number of urea groups is 1. The summed E-state index contributed by atoms with van der Waals surface area (Å²) in [4.78, 5) is 13.7. The molecule has 1 saturated heterocycles. The molecule has 2 N–H and O–H groups in total. The molecule has 0 radical (unpaired) electrons. The van der Waals surface area contributed by atoms with Gasteiger partial charge in [-0.2, -0.15) is 0 Å². The Bertz CT molecular complexity index is 488. The first-order valence-electron chi connectivity index (χ1n) is 7.73. The fourth-order valence-electron chi connectivity index (χ4n) is 2.68. The first-order valence-corrected chi connectivity index (χ1v) is 7.73. The number of hydrogen-bond donors (Lipinski definition) is 2. The van der Waals surface area contributed by atoms with Crippen LogP contribution >= 0.6 is 0 Å². The van der Waals surface area contributed by atoms with E-state index < -0.39 is 6.43 Å². The molecule has 1 heterocycles. The lowest BCUT2D eigenvalue weighted by Gasteiger charge is -2.32. The number of alkyl halides is 2. The molecule has 0 spiro atoms. The van der Waals surface area contributed by atoms with E-state index in [1.807, 2.05) is 24.3 Å². The molecule has 1 aliphatic heterocycles. The molecule has 0 atom stereocenters. The number of benzene rings is 1. The normalized spacial score (nSPS) is 16.7. The van der Waals surface area contributed by atoms with Crippen LogP contribution in [0.1, 0.15) is 25.3 Å². The highest BCUT2D eigenvalue weighted by Crippen LogP contribution is 2.13. The maximum atomic E-state index is 12.3. The highest BCUT2D eigenvalue weighted by molar-refractivity contribution is 5.89. The number of aryl methyl sites for hydroxylation is 1. The molecule has 1 fully saturated rings. The maximum absolute atomic E-state index is 12.3. The van der Waals surface area contributed by atoms with E-state index in [4.69, 9.17) is 0 Å². The Labute approximate surface area is 129 Å². The molecule has 2 rings (SSSR count). The number of halogens is 2. The molecular formula is C16H23F2N3O. The number of carbonyl (C=O) groups is 1. The van der Waals surface area contributed by atoms with Crippen LogP contribution in [0.4, 0.5) is 19.3 Å². The van der Waals surface area contributed by atoms with E-state index in [1.165, 1.54) is 0 Å². The minimum absolute atomic E-state index is 0.0447. The zero-order valence-electron chi connectivity index (χ0n) is 12.8. The quantitative estimate of drug-likeness (QED) is 0.877. The van der Waals surface area contributed by atoms with Crippen molar-refractivity contribution in [3.8, 4) is 0 Å². The average Bonchev–Trinajstić information content (AvgIpc) is 2.49. The van der Waals surface area contributed by atoms with Gasteiger partial charge in [0.1, 0.15) is 0 Å². The molecule has 1 aliphatic rings. The van der Waals surface area contributed by atoms with Gasteiger partial charge < -0.3 is 10.6 Å². The van der Waals surface area contributed by atoms with Gasteiger partial charge in [-0.1, -0.05) is 19.1 Å². The second-order valence-corrected chi connectivity index (χ2v) is 5.62. The second-order valence-electron chi connectivity index (χ2n) is 5.62. The van der Waals surface area contributed by atoms with Gasteiger partial charge >= 0.3 is 6.03 Å². The van der Waals surface area contributed by atoms with Crippen LogP contribution in [0.25, 0.3) is 0 Å². The Hall–Kier alpha value is -1.69. The lowest BCUT2D eigenvalue weighted by atomic mass is 10.1.